The number of carboxylic acid groups (broad SMARTS) is 1. The zero-order chi connectivity index (χ0) is 14.1. The first-order chi connectivity index (χ1) is 8.12. The lowest BCUT2D eigenvalue weighted by atomic mass is 10.1. The second-order valence-electron chi connectivity index (χ2n) is 4.01. The van der Waals surface area contributed by atoms with E-state index < -0.39 is 15.0 Å². The van der Waals surface area contributed by atoms with E-state index in [4.69, 9.17) is 20.5 Å². The van der Waals surface area contributed by atoms with E-state index in [-0.39, 0.29) is 22.3 Å². The third-order valence-electron chi connectivity index (χ3n) is 2.18. The Bertz CT molecular complexity index is 577. The Kier molecular flexibility index (Phi) is 4.24. The maximum atomic E-state index is 11.4. The highest BCUT2D eigenvalue weighted by Crippen LogP contribution is 2.30. The molecule has 0 atom stereocenters. The van der Waals surface area contributed by atoms with Crippen LogP contribution in [-0.4, -0.2) is 25.6 Å². The van der Waals surface area contributed by atoms with E-state index in [1.807, 2.05) is 0 Å². The smallest absolute Gasteiger partial charge is 0.335 e. The minimum absolute atomic E-state index is 0.185. The molecule has 1 aromatic carbocycles. The molecule has 0 radical (unpaired) electrons. The molecule has 0 aliphatic heterocycles. The number of aromatic carboxylic acids is 1. The summed E-state index contributed by atoms with van der Waals surface area (Å²) >= 11 is 0. The average Bonchev–Trinajstić information content (AvgIpc) is 2.18. The summed E-state index contributed by atoms with van der Waals surface area (Å²) in [5, 5.41) is 8.93. The Morgan fingerprint density at radius 1 is 1.39 bits per heavy atom. The monoisotopic (exact) mass is 292 g/mol. The minimum Gasteiger partial charge on any atom is -0.491 e. The molecule has 0 unspecified atom stereocenters. The lowest BCUT2D eigenvalue weighted by Crippen LogP contribution is -2.10. The van der Waals surface area contributed by atoms with Gasteiger partial charge in [-0.25, -0.2) is 13.2 Å². The summed E-state index contributed by atoms with van der Waals surface area (Å²) in [5.74, 6) is -1.05. The number of hydrogen-bond acceptors (Lipinski definition) is 4. The molecule has 1 N–H and O–H groups in total. The van der Waals surface area contributed by atoms with Gasteiger partial charge in [0.05, 0.1) is 16.6 Å². The first-order valence-corrected chi connectivity index (χ1v) is 7.43. The number of ether oxygens (including phenoxy) is 1. The van der Waals surface area contributed by atoms with Crippen LogP contribution in [-0.2, 0) is 9.05 Å². The summed E-state index contributed by atoms with van der Waals surface area (Å²) in [6.07, 6.45) is -0.210. The van der Waals surface area contributed by atoms with Crippen molar-refractivity contribution in [3.05, 3.63) is 23.3 Å². The molecule has 0 spiro atoms. The highest BCUT2D eigenvalue weighted by Gasteiger charge is 2.21. The highest BCUT2D eigenvalue weighted by atomic mass is 35.7. The molecule has 0 aromatic heterocycles. The van der Waals surface area contributed by atoms with Crippen molar-refractivity contribution in [3.8, 4) is 5.75 Å². The average molecular weight is 293 g/mol. The molecular weight excluding hydrogens is 280 g/mol. The van der Waals surface area contributed by atoms with Crippen LogP contribution in [0.5, 0.6) is 5.75 Å². The Hall–Kier alpha value is -1.27. The zero-order valence-electron chi connectivity index (χ0n) is 10.1. The summed E-state index contributed by atoms with van der Waals surface area (Å²) in [7, 11) is 1.25. The minimum atomic E-state index is -4.02. The lowest BCUT2D eigenvalue weighted by Gasteiger charge is -2.15. The third kappa shape index (κ3) is 3.36. The molecule has 100 valence electrons. The van der Waals surface area contributed by atoms with E-state index in [0.29, 0.717) is 5.56 Å². The maximum Gasteiger partial charge on any atom is 0.335 e. The van der Waals surface area contributed by atoms with Gasteiger partial charge in [-0.1, -0.05) is 0 Å². The van der Waals surface area contributed by atoms with Crippen LogP contribution in [0, 0.1) is 6.92 Å². The predicted octanol–water partition coefficient (Wildman–Crippen LogP) is 2.41. The molecular formula is C11H13ClO5S. The molecule has 0 bridgehead atoms. The van der Waals surface area contributed by atoms with Gasteiger partial charge in [-0.3, -0.25) is 0 Å². The molecule has 0 saturated heterocycles. The third-order valence-corrected chi connectivity index (χ3v) is 3.63. The van der Waals surface area contributed by atoms with Gasteiger partial charge in [0.25, 0.3) is 9.05 Å². The second-order valence-corrected chi connectivity index (χ2v) is 6.54. The number of halogens is 1. The van der Waals surface area contributed by atoms with Gasteiger partial charge in [-0.05, 0) is 32.9 Å². The van der Waals surface area contributed by atoms with Crippen molar-refractivity contribution >= 4 is 25.7 Å². The molecule has 0 amide bonds. The van der Waals surface area contributed by atoms with E-state index in [1.165, 1.54) is 13.0 Å². The lowest BCUT2D eigenvalue weighted by molar-refractivity contribution is 0.0695. The number of rotatable bonds is 4. The summed E-state index contributed by atoms with van der Waals surface area (Å²) < 4.78 is 28.2. The largest absolute Gasteiger partial charge is 0.491 e. The fourth-order valence-corrected chi connectivity index (χ4v) is 2.63. The Morgan fingerprint density at radius 3 is 2.33 bits per heavy atom. The maximum absolute atomic E-state index is 11.4. The van der Waals surface area contributed by atoms with Gasteiger partial charge in [-0.2, -0.15) is 0 Å². The van der Waals surface area contributed by atoms with E-state index in [0.717, 1.165) is 6.07 Å². The fraction of sp³-hybridized carbons (Fsp3) is 0.364. The number of carbonyl (C=O) groups is 1. The van der Waals surface area contributed by atoms with Crippen molar-refractivity contribution in [2.24, 2.45) is 0 Å². The van der Waals surface area contributed by atoms with Crippen molar-refractivity contribution in [2.45, 2.75) is 31.8 Å². The summed E-state index contributed by atoms with van der Waals surface area (Å²) in [6.45, 7) is 5.02. The van der Waals surface area contributed by atoms with Crippen molar-refractivity contribution in [2.75, 3.05) is 0 Å². The van der Waals surface area contributed by atoms with Crippen LogP contribution in [0.25, 0.3) is 0 Å². The molecule has 0 saturated carbocycles. The molecule has 0 aliphatic carbocycles. The molecule has 7 heteroatoms. The normalized spacial score (nSPS) is 11.6. The summed E-state index contributed by atoms with van der Waals surface area (Å²) in [4.78, 5) is 10.7. The van der Waals surface area contributed by atoms with Crippen molar-refractivity contribution in [3.63, 3.8) is 0 Å². The molecule has 0 aliphatic rings. The standard InChI is InChI=1S/C11H13ClO5S/c1-6(2)17-9-4-8(11(13)14)5-10(7(9)3)18(12,15)16/h4-6H,1-3H3,(H,13,14). The van der Waals surface area contributed by atoms with Gasteiger partial charge in [0.2, 0.25) is 0 Å². The van der Waals surface area contributed by atoms with E-state index >= 15 is 0 Å². The Balaban J connectivity index is 3.53. The van der Waals surface area contributed by atoms with Gasteiger partial charge < -0.3 is 9.84 Å². The molecule has 1 rings (SSSR count). The van der Waals surface area contributed by atoms with Crippen LogP contribution in [0.15, 0.2) is 17.0 Å². The first kappa shape index (κ1) is 14.8. The Morgan fingerprint density at radius 2 is 1.94 bits per heavy atom. The SMILES string of the molecule is Cc1c(OC(C)C)cc(C(=O)O)cc1S(=O)(=O)Cl. The highest BCUT2D eigenvalue weighted by molar-refractivity contribution is 8.13. The predicted molar refractivity (Wildman–Crippen MR) is 66.9 cm³/mol. The van der Waals surface area contributed by atoms with Crippen molar-refractivity contribution < 1.29 is 23.1 Å². The molecule has 0 heterocycles. The van der Waals surface area contributed by atoms with Gasteiger partial charge in [0.1, 0.15) is 5.75 Å². The van der Waals surface area contributed by atoms with Gasteiger partial charge in [-0.15, -0.1) is 0 Å². The van der Waals surface area contributed by atoms with Crippen LogP contribution < -0.4 is 4.74 Å². The summed E-state index contributed by atoms with van der Waals surface area (Å²) in [5.41, 5.74) is 0.110. The van der Waals surface area contributed by atoms with Gasteiger partial charge in [0.15, 0.2) is 0 Å². The van der Waals surface area contributed by atoms with Crippen LogP contribution in [0.2, 0.25) is 0 Å². The first-order valence-electron chi connectivity index (χ1n) is 5.12. The van der Waals surface area contributed by atoms with E-state index in [2.05, 4.69) is 0 Å². The number of benzene rings is 1. The van der Waals surface area contributed by atoms with Gasteiger partial charge >= 0.3 is 5.97 Å². The van der Waals surface area contributed by atoms with Crippen LogP contribution in [0.3, 0.4) is 0 Å². The van der Waals surface area contributed by atoms with Crippen LogP contribution >= 0.6 is 10.7 Å². The van der Waals surface area contributed by atoms with Crippen molar-refractivity contribution in [1.29, 1.82) is 0 Å². The Labute approximate surface area is 110 Å². The van der Waals surface area contributed by atoms with E-state index in [9.17, 15) is 13.2 Å². The van der Waals surface area contributed by atoms with Gasteiger partial charge in [0, 0.05) is 16.2 Å². The number of carboxylic acids is 1. The zero-order valence-corrected chi connectivity index (χ0v) is 11.7. The fourth-order valence-electron chi connectivity index (χ4n) is 1.42. The molecule has 0 fully saturated rings. The second kappa shape index (κ2) is 5.16. The van der Waals surface area contributed by atoms with Crippen LogP contribution in [0.1, 0.15) is 29.8 Å². The number of hydrogen-bond donors (Lipinski definition) is 1. The topological polar surface area (TPSA) is 80.7 Å². The molecule has 5 nitrogen and oxygen atoms in total. The van der Waals surface area contributed by atoms with Crippen LogP contribution in [0.4, 0.5) is 0 Å². The summed E-state index contributed by atoms with van der Waals surface area (Å²) in [6, 6.07) is 2.30. The molecule has 1 aromatic rings. The van der Waals surface area contributed by atoms with Crippen molar-refractivity contribution in [1.82, 2.24) is 0 Å². The molecule has 18 heavy (non-hydrogen) atoms. The quantitative estimate of drug-likeness (QED) is 0.862. The van der Waals surface area contributed by atoms with E-state index in [1.54, 1.807) is 13.8 Å².